The van der Waals surface area contributed by atoms with Crippen molar-refractivity contribution in [1.29, 1.82) is 0 Å². The monoisotopic (exact) mass is 330 g/mol. The second kappa shape index (κ2) is 3.27. The fourth-order valence-electron chi connectivity index (χ4n) is 10.1. The number of benzene rings is 1. The molecule has 126 valence electrons. The van der Waals surface area contributed by atoms with Gasteiger partial charge in [-0.1, -0.05) is 41.5 Å². The highest BCUT2D eigenvalue weighted by atomic mass is 16.6. The minimum atomic E-state index is 0.388. The number of epoxide rings is 1. The lowest BCUT2D eigenvalue weighted by atomic mass is 9.60. The van der Waals surface area contributed by atoms with Gasteiger partial charge in [-0.15, -0.1) is 0 Å². The molecule has 1 aromatic rings. The molecule has 25 heavy (non-hydrogen) atoms. The number of hydrogen-bond donors (Lipinski definition) is 0. The van der Waals surface area contributed by atoms with Crippen molar-refractivity contribution < 1.29 is 9.47 Å². The summed E-state index contributed by atoms with van der Waals surface area (Å²) in [5.41, 5.74) is 5.83. The van der Waals surface area contributed by atoms with Crippen LogP contribution < -0.4 is 0 Å². The quantitative estimate of drug-likeness (QED) is 0.624. The van der Waals surface area contributed by atoms with Crippen molar-refractivity contribution in [3.63, 3.8) is 0 Å². The highest BCUT2D eigenvalue weighted by molar-refractivity contribution is 5.62. The Balaban J connectivity index is 1.03. The second-order valence-electron chi connectivity index (χ2n) is 10.3. The van der Waals surface area contributed by atoms with Gasteiger partial charge in [-0.05, 0) is 60.3 Å². The highest BCUT2D eigenvalue weighted by Crippen LogP contribution is 3.02. The molecule has 1 aliphatic heterocycles. The molecule has 0 aromatic heterocycles. The molecule has 2 heteroatoms. The zero-order chi connectivity index (χ0) is 15.7. The Labute approximate surface area is 147 Å². The van der Waals surface area contributed by atoms with Crippen molar-refractivity contribution >= 4 is 0 Å². The van der Waals surface area contributed by atoms with Gasteiger partial charge >= 0.3 is 0 Å². The van der Waals surface area contributed by atoms with Crippen LogP contribution in [0.25, 0.3) is 0 Å². The fraction of sp³-hybridized carbons (Fsp3) is 0.652. The average Bonchev–Trinajstić information content (AvgIpc) is 2.71. The third kappa shape index (κ3) is 0.907. The van der Waals surface area contributed by atoms with Gasteiger partial charge in [0.05, 0.1) is 12.7 Å². The SMILES string of the molecule is c1ccc(COC2CC(=C3[C@H]4[C@@H]5[C@@H]6[C@@H]7[C@@H]5[C@H]3[C@]35O[C@]43[C@H]6C[C@H]75)C2)cc1. The van der Waals surface area contributed by atoms with Gasteiger partial charge < -0.3 is 9.47 Å². The normalized spacial score (nSPS) is 64.2. The van der Waals surface area contributed by atoms with Crippen LogP contribution in [-0.2, 0) is 16.1 Å². The van der Waals surface area contributed by atoms with E-state index >= 15 is 0 Å². The molecule has 0 N–H and O–H groups in total. The molecule has 9 aliphatic rings. The van der Waals surface area contributed by atoms with E-state index in [1.807, 2.05) is 5.57 Å². The number of rotatable bonds is 3. The maximum atomic E-state index is 6.70. The molecule has 1 aromatic carbocycles. The van der Waals surface area contributed by atoms with Gasteiger partial charge in [0.2, 0.25) is 0 Å². The van der Waals surface area contributed by atoms with Gasteiger partial charge in [0.1, 0.15) is 11.2 Å². The summed E-state index contributed by atoms with van der Waals surface area (Å²) >= 11 is 0. The van der Waals surface area contributed by atoms with E-state index < -0.39 is 0 Å². The molecule has 10 rings (SSSR count). The second-order valence-corrected chi connectivity index (χ2v) is 10.3. The van der Waals surface area contributed by atoms with Crippen molar-refractivity contribution in [2.75, 3.05) is 0 Å². The third-order valence-corrected chi connectivity index (χ3v) is 10.3. The van der Waals surface area contributed by atoms with E-state index in [1.54, 1.807) is 12.0 Å². The first kappa shape index (κ1) is 12.3. The summed E-state index contributed by atoms with van der Waals surface area (Å²) in [7, 11) is 0. The minimum absolute atomic E-state index is 0.388. The summed E-state index contributed by atoms with van der Waals surface area (Å²) in [6, 6.07) is 10.6. The fourth-order valence-corrected chi connectivity index (χ4v) is 10.1. The maximum absolute atomic E-state index is 6.70. The van der Waals surface area contributed by atoms with Gasteiger partial charge in [-0.3, -0.25) is 0 Å². The third-order valence-electron chi connectivity index (χ3n) is 10.3. The molecule has 8 aliphatic carbocycles. The summed E-state index contributed by atoms with van der Waals surface area (Å²) in [6.07, 6.45) is 4.43. The zero-order valence-electron chi connectivity index (χ0n) is 14.2. The molecule has 1 heterocycles. The zero-order valence-corrected chi connectivity index (χ0v) is 14.2. The van der Waals surface area contributed by atoms with Crippen LogP contribution in [0.4, 0.5) is 0 Å². The molecular weight excluding hydrogens is 308 g/mol. The van der Waals surface area contributed by atoms with Crippen LogP contribution in [0.5, 0.6) is 0 Å². The molecule has 10 atom stereocenters. The summed E-state index contributed by atoms with van der Waals surface area (Å²) in [6.45, 7) is 0.775. The van der Waals surface area contributed by atoms with Crippen molar-refractivity contribution in [2.24, 2.45) is 47.3 Å². The first-order valence-electron chi connectivity index (χ1n) is 10.4. The summed E-state index contributed by atoms with van der Waals surface area (Å²) < 4.78 is 12.9. The van der Waals surface area contributed by atoms with E-state index in [-0.39, 0.29) is 0 Å². The first-order valence-corrected chi connectivity index (χ1v) is 10.4. The van der Waals surface area contributed by atoms with E-state index in [0.29, 0.717) is 17.3 Å². The predicted octanol–water partition coefficient (Wildman–Crippen LogP) is 3.57. The maximum Gasteiger partial charge on any atom is 0.109 e. The van der Waals surface area contributed by atoms with Crippen LogP contribution in [0, 0.1) is 47.3 Å². The lowest BCUT2D eigenvalue weighted by Crippen LogP contribution is -2.41. The molecule has 8 saturated carbocycles. The Kier molecular flexibility index (Phi) is 1.61. The summed E-state index contributed by atoms with van der Waals surface area (Å²) in [4.78, 5) is 0. The molecule has 0 radical (unpaired) electrons. The van der Waals surface area contributed by atoms with E-state index in [9.17, 15) is 0 Å². The molecule has 2 spiro atoms. The number of hydrogen-bond acceptors (Lipinski definition) is 2. The van der Waals surface area contributed by atoms with Crippen molar-refractivity contribution in [2.45, 2.75) is 43.2 Å². The first-order chi connectivity index (χ1) is 12.4. The van der Waals surface area contributed by atoms with Gasteiger partial charge in [-0.25, -0.2) is 0 Å². The van der Waals surface area contributed by atoms with Gasteiger partial charge in [0, 0.05) is 11.8 Å². The lowest BCUT2D eigenvalue weighted by Gasteiger charge is -2.43. The Bertz CT molecular complexity index is 856. The van der Waals surface area contributed by atoms with Crippen molar-refractivity contribution in [3.8, 4) is 0 Å². The Morgan fingerprint density at radius 2 is 1.60 bits per heavy atom. The molecule has 0 unspecified atom stereocenters. The Hall–Kier alpha value is -1.12. The minimum Gasteiger partial charge on any atom is -0.373 e. The largest absolute Gasteiger partial charge is 0.373 e. The standard InChI is InChI=1S/C23H22O2/c1-2-4-10(5-3-1)9-24-12-6-11(7-12)15-20-18-16-13-8-14-17(16)19(18)21(15)23(14)22(13,20)25-23/h1-5,12-14,16-21H,6-9H2/t12?,13-,14+,16-,17+,18+,19-,20-,21-,22+,23-/m0/s1. The summed E-state index contributed by atoms with van der Waals surface area (Å²) in [5, 5.41) is 0. The van der Waals surface area contributed by atoms with Crippen molar-refractivity contribution in [1.82, 2.24) is 0 Å². The predicted molar refractivity (Wildman–Crippen MR) is 90.4 cm³/mol. The lowest BCUT2D eigenvalue weighted by molar-refractivity contribution is 0.0143. The average molecular weight is 330 g/mol. The van der Waals surface area contributed by atoms with E-state index in [2.05, 4.69) is 30.3 Å². The highest BCUT2D eigenvalue weighted by Gasteiger charge is 3.07. The van der Waals surface area contributed by atoms with E-state index in [1.165, 1.54) is 18.4 Å². The van der Waals surface area contributed by atoms with Crippen LogP contribution in [-0.4, -0.2) is 17.3 Å². The van der Waals surface area contributed by atoms with Crippen LogP contribution in [0.1, 0.15) is 24.8 Å². The van der Waals surface area contributed by atoms with E-state index in [4.69, 9.17) is 9.47 Å². The molecular formula is C23H22O2. The van der Waals surface area contributed by atoms with Crippen LogP contribution in [0.3, 0.4) is 0 Å². The van der Waals surface area contributed by atoms with E-state index in [0.717, 1.165) is 54.0 Å². The molecule has 4 bridgehead atoms. The van der Waals surface area contributed by atoms with Gasteiger partial charge in [0.15, 0.2) is 0 Å². The van der Waals surface area contributed by atoms with Gasteiger partial charge in [0.25, 0.3) is 0 Å². The molecule has 9 fully saturated rings. The topological polar surface area (TPSA) is 21.8 Å². The van der Waals surface area contributed by atoms with Crippen LogP contribution >= 0.6 is 0 Å². The molecule has 2 nitrogen and oxygen atoms in total. The summed E-state index contributed by atoms with van der Waals surface area (Å²) in [5.74, 6) is 7.96. The van der Waals surface area contributed by atoms with Crippen molar-refractivity contribution in [3.05, 3.63) is 47.0 Å². The number of ether oxygens (including phenoxy) is 2. The molecule has 1 saturated heterocycles. The Morgan fingerprint density at radius 3 is 2.28 bits per heavy atom. The molecule has 0 amide bonds. The van der Waals surface area contributed by atoms with Crippen LogP contribution in [0.15, 0.2) is 41.5 Å². The smallest absolute Gasteiger partial charge is 0.109 e. The van der Waals surface area contributed by atoms with Gasteiger partial charge in [-0.2, -0.15) is 0 Å². The Morgan fingerprint density at radius 1 is 0.920 bits per heavy atom. The van der Waals surface area contributed by atoms with Crippen LogP contribution in [0.2, 0.25) is 0 Å².